The van der Waals surface area contributed by atoms with E-state index in [0.29, 0.717) is 0 Å². The molecule has 0 atom stereocenters. The maximum Gasteiger partial charge on any atom is 0.411 e. The van der Waals surface area contributed by atoms with E-state index < -0.39 is 35.5 Å². The summed E-state index contributed by atoms with van der Waals surface area (Å²) < 4.78 is 81.5. The summed E-state index contributed by atoms with van der Waals surface area (Å²) in [6.45, 7) is 0. The summed E-state index contributed by atoms with van der Waals surface area (Å²) in [4.78, 5) is 21.0. The Balaban J connectivity index is 3.09. The van der Waals surface area contributed by atoms with Crippen LogP contribution >= 0.6 is 0 Å². The summed E-state index contributed by atoms with van der Waals surface area (Å²) >= 11 is 0. The molecule has 1 aromatic carbocycles. The lowest BCUT2D eigenvalue weighted by Crippen LogP contribution is -2.61. The first-order valence-electron chi connectivity index (χ1n) is 5.08. The van der Waals surface area contributed by atoms with Crippen LogP contribution in [0, 0.1) is 0 Å². The van der Waals surface area contributed by atoms with Crippen LogP contribution in [0.5, 0.6) is 5.75 Å². The molecule has 21 heavy (non-hydrogen) atoms. The van der Waals surface area contributed by atoms with Crippen molar-refractivity contribution in [1.82, 2.24) is 0 Å². The third-order valence-electron chi connectivity index (χ3n) is 2.27. The summed E-state index contributed by atoms with van der Waals surface area (Å²) in [6.07, 6.45) is 0. The van der Waals surface area contributed by atoms with Crippen molar-refractivity contribution in [1.29, 1.82) is 0 Å². The number of esters is 1. The molecule has 1 aromatic rings. The van der Waals surface area contributed by atoms with Gasteiger partial charge in [0.2, 0.25) is 0 Å². The van der Waals surface area contributed by atoms with E-state index in [9.17, 15) is 35.9 Å². The zero-order chi connectivity index (χ0) is 16.5. The number of rotatable bonds is 5. The van der Waals surface area contributed by atoms with E-state index in [4.69, 9.17) is 5.11 Å². The van der Waals surface area contributed by atoms with E-state index in [-0.39, 0.29) is 0 Å². The average molecular weight is 316 g/mol. The monoisotopic (exact) mass is 316 g/mol. The molecule has 0 amide bonds. The topological polar surface area (TPSA) is 63.6 Å². The Bertz CT molecular complexity index is 543. The lowest BCUT2D eigenvalue weighted by Gasteiger charge is -2.28. The van der Waals surface area contributed by atoms with Crippen LogP contribution in [0.15, 0.2) is 30.3 Å². The summed E-state index contributed by atoms with van der Waals surface area (Å²) in [5, 5.41) is 7.90. The molecule has 0 unspecified atom stereocenters. The fraction of sp³-hybridized carbons (Fsp3) is 0.273. The van der Waals surface area contributed by atoms with Crippen molar-refractivity contribution in [2.75, 3.05) is 0 Å². The van der Waals surface area contributed by atoms with Crippen molar-refractivity contribution >= 4 is 11.9 Å². The largest absolute Gasteiger partial charge is 0.477 e. The number of aliphatic carboxylic acids is 1. The second-order valence-corrected chi connectivity index (χ2v) is 3.73. The lowest BCUT2D eigenvalue weighted by molar-refractivity contribution is -0.297. The predicted molar refractivity (Wildman–Crippen MR) is 54.6 cm³/mol. The van der Waals surface area contributed by atoms with Crippen LogP contribution < -0.4 is 4.74 Å². The molecule has 1 rings (SSSR count). The van der Waals surface area contributed by atoms with Crippen molar-refractivity contribution < 1.29 is 45.8 Å². The number of benzene rings is 1. The Kier molecular flexibility index (Phi) is 4.21. The van der Waals surface area contributed by atoms with Crippen LogP contribution in [0.4, 0.5) is 26.3 Å². The van der Waals surface area contributed by atoms with Crippen LogP contribution in [-0.2, 0) is 9.59 Å². The number of carbonyl (C=O) groups excluding carboxylic acids is 1. The third-order valence-corrected chi connectivity index (χ3v) is 2.27. The Morgan fingerprint density at radius 2 is 1.38 bits per heavy atom. The molecule has 4 nitrogen and oxygen atoms in total. The quantitative estimate of drug-likeness (QED) is 0.515. The fourth-order valence-corrected chi connectivity index (χ4v) is 1.12. The number of halogens is 6. The van der Waals surface area contributed by atoms with Gasteiger partial charge in [0.15, 0.2) is 0 Å². The van der Waals surface area contributed by atoms with E-state index >= 15 is 0 Å². The van der Waals surface area contributed by atoms with E-state index in [1.165, 1.54) is 18.2 Å². The summed E-state index contributed by atoms with van der Waals surface area (Å²) in [5.41, 5.74) is 0. The molecule has 0 aromatic heterocycles. The lowest BCUT2D eigenvalue weighted by atomic mass is 10.0. The first-order chi connectivity index (χ1) is 9.44. The van der Waals surface area contributed by atoms with Crippen molar-refractivity contribution in [2.24, 2.45) is 0 Å². The molecule has 0 heterocycles. The Morgan fingerprint density at radius 3 is 1.81 bits per heavy atom. The van der Waals surface area contributed by atoms with Crippen molar-refractivity contribution in [3.8, 4) is 5.75 Å². The van der Waals surface area contributed by atoms with Crippen LogP contribution in [0.25, 0.3) is 0 Å². The Morgan fingerprint density at radius 1 is 0.905 bits per heavy atom. The van der Waals surface area contributed by atoms with Gasteiger partial charge in [-0.3, -0.25) is 0 Å². The highest BCUT2D eigenvalue weighted by molar-refractivity contribution is 5.85. The van der Waals surface area contributed by atoms with E-state index in [0.717, 1.165) is 12.1 Å². The highest BCUT2D eigenvalue weighted by Gasteiger charge is 2.79. The molecule has 0 saturated carbocycles. The minimum Gasteiger partial charge on any atom is -0.477 e. The second kappa shape index (κ2) is 5.26. The van der Waals surface area contributed by atoms with Crippen LogP contribution in [0.3, 0.4) is 0 Å². The van der Waals surface area contributed by atoms with E-state index in [2.05, 4.69) is 4.74 Å². The maximum atomic E-state index is 13.2. The highest BCUT2D eigenvalue weighted by atomic mass is 19.3. The molecule has 0 spiro atoms. The summed E-state index contributed by atoms with van der Waals surface area (Å²) in [6, 6.07) is 5.64. The van der Waals surface area contributed by atoms with Gasteiger partial charge < -0.3 is 9.84 Å². The molecular weight excluding hydrogens is 310 g/mol. The Labute approximate surface area is 112 Å². The minimum absolute atomic E-state index is 0.600. The molecule has 0 radical (unpaired) electrons. The van der Waals surface area contributed by atoms with Crippen LogP contribution in [0.1, 0.15) is 0 Å². The van der Waals surface area contributed by atoms with Gasteiger partial charge in [-0.15, -0.1) is 0 Å². The zero-order valence-electron chi connectivity index (χ0n) is 9.83. The van der Waals surface area contributed by atoms with Gasteiger partial charge in [0.05, 0.1) is 0 Å². The van der Waals surface area contributed by atoms with E-state index in [1.54, 1.807) is 0 Å². The fourth-order valence-electron chi connectivity index (χ4n) is 1.12. The van der Waals surface area contributed by atoms with Crippen LogP contribution in [0.2, 0.25) is 0 Å². The van der Waals surface area contributed by atoms with Gasteiger partial charge in [-0.1, -0.05) is 18.2 Å². The van der Waals surface area contributed by atoms with Gasteiger partial charge in [-0.05, 0) is 12.1 Å². The predicted octanol–water partition coefficient (Wildman–Crippen LogP) is 2.58. The molecule has 0 aliphatic carbocycles. The normalized spacial score (nSPS) is 12.9. The molecule has 0 bridgehead atoms. The standard InChI is InChI=1S/C11H6F6O4/c12-9(13,7(18)19)11(16,17)10(14,15)8(20)21-6-4-2-1-3-5-6/h1-5H,(H,18,19). The molecule has 1 N–H and O–H groups in total. The number of carboxylic acid groups (broad SMARTS) is 1. The first kappa shape index (κ1) is 16.8. The maximum absolute atomic E-state index is 13.2. The molecule has 116 valence electrons. The zero-order valence-corrected chi connectivity index (χ0v) is 9.83. The van der Waals surface area contributed by atoms with Crippen molar-refractivity contribution in [3.63, 3.8) is 0 Å². The molecule has 0 aliphatic heterocycles. The number of carbonyl (C=O) groups is 2. The van der Waals surface area contributed by atoms with Gasteiger partial charge in [0.25, 0.3) is 0 Å². The van der Waals surface area contributed by atoms with Gasteiger partial charge >= 0.3 is 29.7 Å². The minimum atomic E-state index is -6.47. The molecule has 10 heteroatoms. The summed E-state index contributed by atoms with van der Waals surface area (Å²) in [5.74, 6) is -25.8. The number of hydrogen-bond donors (Lipinski definition) is 1. The molecular formula is C11H6F6O4. The summed E-state index contributed by atoms with van der Waals surface area (Å²) in [7, 11) is 0. The molecule has 0 fully saturated rings. The van der Waals surface area contributed by atoms with Gasteiger partial charge in [-0.25, -0.2) is 9.59 Å². The number of hydrogen-bond acceptors (Lipinski definition) is 3. The van der Waals surface area contributed by atoms with E-state index in [1.807, 2.05) is 0 Å². The highest BCUT2D eigenvalue weighted by Crippen LogP contribution is 2.46. The first-order valence-corrected chi connectivity index (χ1v) is 5.08. The van der Waals surface area contributed by atoms with Gasteiger partial charge in [-0.2, -0.15) is 26.3 Å². The van der Waals surface area contributed by atoms with Gasteiger partial charge in [0.1, 0.15) is 5.75 Å². The van der Waals surface area contributed by atoms with Crippen molar-refractivity contribution in [2.45, 2.75) is 17.8 Å². The molecule has 0 saturated heterocycles. The SMILES string of the molecule is O=C(O)C(F)(F)C(F)(F)C(F)(F)C(=O)Oc1ccccc1. The average Bonchev–Trinajstić information content (AvgIpc) is 2.39. The number of para-hydroxylation sites is 1. The smallest absolute Gasteiger partial charge is 0.411 e. The van der Waals surface area contributed by atoms with Gasteiger partial charge in [0, 0.05) is 0 Å². The number of carboxylic acids is 1. The second-order valence-electron chi connectivity index (χ2n) is 3.73. The Hall–Kier alpha value is -2.26. The van der Waals surface area contributed by atoms with Crippen LogP contribution in [-0.4, -0.2) is 34.8 Å². The molecule has 0 aliphatic rings. The van der Waals surface area contributed by atoms with Crippen molar-refractivity contribution in [3.05, 3.63) is 30.3 Å². The third kappa shape index (κ3) is 2.78. The number of alkyl halides is 6. The number of ether oxygens (including phenoxy) is 1.